The van der Waals surface area contributed by atoms with E-state index in [1.54, 1.807) is 0 Å². The molecule has 0 heterocycles. The van der Waals surface area contributed by atoms with Gasteiger partial charge in [0.1, 0.15) is 0 Å². The summed E-state index contributed by atoms with van der Waals surface area (Å²) >= 11 is 0. The normalized spacial score (nSPS) is 13.7. The molecule has 0 aliphatic carbocycles. The minimum atomic E-state index is 0.450. The summed E-state index contributed by atoms with van der Waals surface area (Å²) in [4.78, 5) is 0. The SMILES string of the molecule is CCCCCCCCCCPC(C)(C)C(C)(C)C. The van der Waals surface area contributed by atoms with Gasteiger partial charge in [0.15, 0.2) is 0 Å². The van der Waals surface area contributed by atoms with E-state index in [0.717, 1.165) is 8.58 Å². The number of unbranched alkanes of at least 4 members (excludes halogenated alkanes) is 7. The third-order valence-electron chi connectivity index (χ3n) is 4.47. The van der Waals surface area contributed by atoms with Crippen molar-refractivity contribution in [1.29, 1.82) is 0 Å². The maximum absolute atomic E-state index is 2.44. The maximum Gasteiger partial charge on any atom is -0.0130 e. The predicted octanol–water partition coefficient (Wildman–Crippen LogP) is 6.63. The van der Waals surface area contributed by atoms with E-state index in [9.17, 15) is 0 Å². The molecule has 0 saturated carbocycles. The highest BCUT2D eigenvalue weighted by molar-refractivity contribution is 7.40. The molecule has 0 aromatic heterocycles. The van der Waals surface area contributed by atoms with E-state index in [1.807, 2.05) is 0 Å². The molecule has 1 atom stereocenters. The van der Waals surface area contributed by atoms with Crippen molar-refractivity contribution in [3.05, 3.63) is 0 Å². The largest absolute Gasteiger partial charge is 0.116 e. The van der Waals surface area contributed by atoms with Gasteiger partial charge in [-0.1, -0.05) is 86.5 Å². The fourth-order valence-electron chi connectivity index (χ4n) is 1.92. The lowest BCUT2D eigenvalue weighted by Crippen LogP contribution is -2.32. The Morgan fingerprint density at radius 1 is 0.667 bits per heavy atom. The molecule has 110 valence electrons. The average molecular weight is 272 g/mol. The summed E-state index contributed by atoms with van der Waals surface area (Å²) in [5.74, 6) is 0. The monoisotopic (exact) mass is 272 g/mol. The van der Waals surface area contributed by atoms with Crippen LogP contribution in [0.4, 0.5) is 0 Å². The molecule has 1 unspecified atom stereocenters. The lowest BCUT2D eigenvalue weighted by molar-refractivity contribution is 0.316. The second kappa shape index (κ2) is 9.35. The molecule has 0 aromatic carbocycles. The highest BCUT2D eigenvalue weighted by Gasteiger charge is 2.31. The Balaban J connectivity index is 3.41. The Morgan fingerprint density at radius 2 is 1.11 bits per heavy atom. The Bertz CT molecular complexity index is 188. The van der Waals surface area contributed by atoms with Gasteiger partial charge in [0, 0.05) is 0 Å². The van der Waals surface area contributed by atoms with Crippen molar-refractivity contribution in [2.75, 3.05) is 6.16 Å². The molecule has 0 N–H and O–H groups in total. The van der Waals surface area contributed by atoms with Gasteiger partial charge >= 0.3 is 0 Å². The van der Waals surface area contributed by atoms with Gasteiger partial charge in [-0.15, -0.1) is 8.58 Å². The van der Waals surface area contributed by atoms with E-state index in [2.05, 4.69) is 41.5 Å². The average Bonchev–Trinajstić information content (AvgIpc) is 2.25. The molecule has 0 amide bonds. The van der Waals surface area contributed by atoms with Crippen molar-refractivity contribution in [2.45, 2.75) is 98.1 Å². The molecule has 0 rings (SSSR count). The van der Waals surface area contributed by atoms with Crippen LogP contribution in [-0.2, 0) is 0 Å². The molecule has 0 radical (unpaired) electrons. The summed E-state index contributed by atoms with van der Waals surface area (Å²) in [6.45, 7) is 14.3. The molecule has 0 spiro atoms. The van der Waals surface area contributed by atoms with Crippen LogP contribution in [0.3, 0.4) is 0 Å². The molecule has 0 aromatic rings. The van der Waals surface area contributed by atoms with Crippen LogP contribution in [0.5, 0.6) is 0 Å². The minimum Gasteiger partial charge on any atom is -0.116 e. The quantitative estimate of drug-likeness (QED) is 0.309. The van der Waals surface area contributed by atoms with E-state index in [4.69, 9.17) is 0 Å². The third-order valence-corrected chi connectivity index (χ3v) is 6.71. The van der Waals surface area contributed by atoms with Crippen LogP contribution < -0.4 is 0 Å². The first-order valence-electron chi connectivity index (χ1n) is 8.06. The molecule has 0 saturated heterocycles. The first-order chi connectivity index (χ1) is 8.31. The van der Waals surface area contributed by atoms with E-state index >= 15 is 0 Å². The molecular formula is C17H37P. The highest BCUT2D eigenvalue weighted by atomic mass is 31.1. The molecule has 0 aliphatic rings. The van der Waals surface area contributed by atoms with Crippen molar-refractivity contribution in [1.82, 2.24) is 0 Å². The zero-order valence-electron chi connectivity index (χ0n) is 13.9. The third kappa shape index (κ3) is 8.52. The van der Waals surface area contributed by atoms with Gasteiger partial charge in [-0.3, -0.25) is 0 Å². The van der Waals surface area contributed by atoms with Crippen molar-refractivity contribution in [2.24, 2.45) is 5.41 Å². The van der Waals surface area contributed by atoms with Gasteiger partial charge in [-0.05, 0) is 23.2 Å². The number of hydrogen-bond acceptors (Lipinski definition) is 0. The standard InChI is InChI=1S/C17H37P/c1-7-8-9-10-11-12-13-14-15-18-17(5,6)16(2,3)4/h18H,7-15H2,1-6H3. The summed E-state index contributed by atoms with van der Waals surface area (Å²) in [6, 6.07) is 0. The number of hydrogen-bond donors (Lipinski definition) is 0. The zero-order valence-corrected chi connectivity index (χ0v) is 14.9. The maximum atomic E-state index is 2.44. The van der Waals surface area contributed by atoms with Gasteiger partial charge in [-0.2, -0.15) is 0 Å². The summed E-state index contributed by atoms with van der Waals surface area (Å²) in [7, 11) is 1.12. The Hall–Kier alpha value is 0.430. The molecule has 0 bridgehead atoms. The Morgan fingerprint density at radius 3 is 1.56 bits per heavy atom. The lowest BCUT2D eigenvalue weighted by atomic mass is 9.82. The molecule has 1 heteroatoms. The van der Waals surface area contributed by atoms with Crippen LogP contribution in [0.2, 0.25) is 0 Å². The van der Waals surface area contributed by atoms with E-state index in [0.29, 0.717) is 10.6 Å². The van der Waals surface area contributed by atoms with Crippen LogP contribution in [-0.4, -0.2) is 11.3 Å². The van der Waals surface area contributed by atoms with E-state index < -0.39 is 0 Å². The summed E-state index contributed by atoms with van der Waals surface area (Å²) in [5, 5.41) is 0.508. The van der Waals surface area contributed by atoms with E-state index in [-0.39, 0.29) is 0 Å². The topological polar surface area (TPSA) is 0 Å². The first kappa shape index (κ1) is 18.4. The van der Waals surface area contributed by atoms with Crippen LogP contribution in [0, 0.1) is 5.41 Å². The minimum absolute atomic E-state index is 0.450. The van der Waals surface area contributed by atoms with Crippen molar-refractivity contribution < 1.29 is 0 Å². The predicted molar refractivity (Wildman–Crippen MR) is 89.3 cm³/mol. The van der Waals surface area contributed by atoms with Crippen LogP contribution in [0.15, 0.2) is 0 Å². The fourth-order valence-corrected chi connectivity index (χ4v) is 3.51. The smallest absolute Gasteiger partial charge is 0.0130 e. The van der Waals surface area contributed by atoms with Gasteiger partial charge in [0.05, 0.1) is 0 Å². The molecule has 0 aliphatic heterocycles. The first-order valence-corrected chi connectivity index (χ1v) is 9.27. The Kier molecular flexibility index (Phi) is 9.58. The zero-order chi connectivity index (χ0) is 14.1. The van der Waals surface area contributed by atoms with Gasteiger partial charge in [0.2, 0.25) is 0 Å². The summed E-state index contributed by atoms with van der Waals surface area (Å²) < 4.78 is 0. The fraction of sp³-hybridized carbons (Fsp3) is 1.00. The second-order valence-corrected chi connectivity index (χ2v) is 9.38. The summed E-state index contributed by atoms with van der Waals surface area (Å²) in [5.41, 5.74) is 0.450. The van der Waals surface area contributed by atoms with E-state index in [1.165, 1.54) is 57.5 Å². The van der Waals surface area contributed by atoms with Crippen molar-refractivity contribution in [3.8, 4) is 0 Å². The van der Waals surface area contributed by atoms with Gasteiger partial charge in [-0.25, -0.2) is 0 Å². The Labute approximate surface area is 118 Å². The van der Waals surface area contributed by atoms with Crippen LogP contribution in [0.1, 0.15) is 92.9 Å². The second-order valence-electron chi connectivity index (χ2n) is 7.28. The van der Waals surface area contributed by atoms with Crippen molar-refractivity contribution >= 4 is 8.58 Å². The van der Waals surface area contributed by atoms with Crippen molar-refractivity contribution in [3.63, 3.8) is 0 Å². The lowest BCUT2D eigenvalue weighted by Gasteiger charge is -2.39. The number of rotatable bonds is 10. The summed E-state index contributed by atoms with van der Waals surface area (Å²) in [6.07, 6.45) is 13.0. The van der Waals surface area contributed by atoms with Gasteiger partial charge < -0.3 is 0 Å². The highest BCUT2D eigenvalue weighted by Crippen LogP contribution is 2.45. The van der Waals surface area contributed by atoms with Crippen LogP contribution in [0.25, 0.3) is 0 Å². The molecule has 18 heavy (non-hydrogen) atoms. The molecular weight excluding hydrogens is 235 g/mol. The molecule has 0 fully saturated rings. The molecule has 0 nitrogen and oxygen atoms in total. The van der Waals surface area contributed by atoms with Gasteiger partial charge in [0.25, 0.3) is 0 Å². The van der Waals surface area contributed by atoms with Crippen LogP contribution >= 0.6 is 8.58 Å².